The molecular formula is C21H35N3O3. The summed E-state index contributed by atoms with van der Waals surface area (Å²) >= 11 is 0. The molecule has 6 heteroatoms. The second kappa shape index (κ2) is 9.20. The van der Waals surface area contributed by atoms with Crippen molar-refractivity contribution in [3.8, 4) is 0 Å². The van der Waals surface area contributed by atoms with Crippen molar-refractivity contribution in [2.75, 3.05) is 26.3 Å². The van der Waals surface area contributed by atoms with E-state index in [1.54, 1.807) is 0 Å². The van der Waals surface area contributed by atoms with Crippen molar-refractivity contribution in [3.63, 3.8) is 0 Å². The first-order chi connectivity index (χ1) is 13.0. The van der Waals surface area contributed by atoms with Gasteiger partial charge in [-0.2, -0.15) is 0 Å². The standard InChI is InChI=1S/C21H35N3O3/c1-15(2)13-18-19(25)23-17-6-12-27-14-16(17)5-3-4-7-21(20(26)24-18)8-10-22-11-9-21/h3-4,15-18,22H,5-14H2,1-2H3,(H,23,25)(H,24,26)/b4-3+/t16-,17+,18+/m1/s1. The van der Waals surface area contributed by atoms with E-state index in [9.17, 15) is 9.59 Å². The quantitative estimate of drug-likeness (QED) is 0.641. The smallest absolute Gasteiger partial charge is 0.242 e. The third-order valence-electron chi connectivity index (χ3n) is 6.29. The largest absolute Gasteiger partial charge is 0.381 e. The highest BCUT2D eigenvalue weighted by molar-refractivity contribution is 5.90. The van der Waals surface area contributed by atoms with E-state index in [1.807, 2.05) is 0 Å². The molecule has 3 aliphatic rings. The van der Waals surface area contributed by atoms with Crippen LogP contribution in [0.4, 0.5) is 0 Å². The Hall–Kier alpha value is -1.40. The summed E-state index contributed by atoms with van der Waals surface area (Å²) in [6.07, 6.45) is 9.12. The average molecular weight is 378 g/mol. The predicted molar refractivity (Wildman–Crippen MR) is 105 cm³/mol. The zero-order valence-electron chi connectivity index (χ0n) is 16.8. The Labute approximate surface area is 162 Å². The van der Waals surface area contributed by atoms with Gasteiger partial charge in [0.25, 0.3) is 0 Å². The molecule has 1 spiro atoms. The number of rotatable bonds is 2. The Morgan fingerprint density at radius 3 is 2.70 bits per heavy atom. The zero-order chi connectivity index (χ0) is 19.3. The zero-order valence-corrected chi connectivity index (χ0v) is 16.8. The molecule has 2 fully saturated rings. The lowest BCUT2D eigenvalue weighted by molar-refractivity contribution is -0.137. The molecule has 3 heterocycles. The number of ether oxygens (including phenoxy) is 1. The molecule has 2 saturated heterocycles. The molecule has 3 N–H and O–H groups in total. The molecule has 0 saturated carbocycles. The van der Waals surface area contributed by atoms with Crippen molar-refractivity contribution in [1.29, 1.82) is 0 Å². The van der Waals surface area contributed by atoms with Crippen LogP contribution in [-0.2, 0) is 14.3 Å². The van der Waals surface area contributed by atoms with E-state index in [1.165, 1.54) is 0 Å². The normalized spacial score (nSPS) is 33.4. The summed E-state index contributed by atoms with van der Waals surface area (Å²) in [6.45, 7) is 7.25. The molecule has 0 aromatic carbocycles. The van der Waals surface area contributed by atoms with Crippen LogP contribution >= 0.6 is 0 Å². The topological polar surface area (TPSA) is 79.5 Å². The molecule has 0 aromatic heterocycles. The lowest BCUT2D eigenvalue weighted by Gasteiger charge is -2.38. The number of carbonyl (C=O) groups is 2. The number of allylic oxidation sites excluding steroid dienone is 2. The van der Waals surface area contributed by atoms with Crippen LogP contribution in [0, 0.1) is 17.3 Å². The van der Waals surface area contributed by atoms with Gasteiger partial charge in [-0.3, -0.25) is 9.59 Å². The average Bonchev–Trinajstić information content (AvgIpc) is 2.65. The first-order valence-electron chi connectivity index (χ1n) is 10.5. The molecule has 27 heavy (non-hydrogen) atoms. The van der Waals surface area contributed by atoms with Crippen molar-refractivity contribution in [2.45, 2.75) is 64.5 Å². The van der Waals surface area contributed by atoms with E-state index < -0.39 is 11.5 Å². The second-order valence-corrected chi connectivity index (χ2v) is 8.84. The fourth-order valence-electron chi connectivity index (χ4n) is 4.53. The Kier molecular flexibility index (Phi) is 6.93. The summed E-state index contributed by atoms with van der Waals surface area (Å²) in [4.78, 5) is 26.3. The van der Waals surface area contributed by atoms with Crippen molar-refractivity contribution >= 4 is 11.8 Å². The van der Waals surface area contributed by atoms with E-state index in [2.05, 4.69) is 41.9 Å². The third kappa shape index (κ3) is 5.11. The number of piperidine rings is 1. The minimum absolute atomic E-state index is 0.0393. The first kappa shape index (κ1) is 20.3. The molecule has 3 aliphatic heterocycles. The number of fused-ring (bicyclic) bond motifs is 1. The van der Waals surface area contributed by atoms with Gasteiger partial charge in [0, 0.05) is 18.6 Å². The molecule has 0 bridgehead atoms. The molecule has 152 valence electrons. The summed E-state index contributed by atoms with van der Waals surface area (Å²) in [5.41, 5.74) is -0.404. The molecule has 0 unspecified atom stereocenters. The summed E-state index contributed by atoms with van der Waals surface area (Å²) in [7, 11) is 0. The number of amides is 2. The van der Waals surface area contributed by atoms with Crippen LogP contribution in [0.15, 0.2) is 12.2 Å². The SMILES string of the molecule is CC(C)C[C@@H]1NC(=O)C2(C/C=C/C[C@@H]3COCC[C@@H]3NC1=O)CCNCC2. The van der Waals surface area contributed by atoms with Crippen LogP contribution in [0.1, 0.15) is 52.4 Å². The van der Waals surface area contributed by atoms with Crippen molar-refractivity contribution < 1.29 is 14.3 Å². The maximum atomic E-state index is 13.3. The lowest BCUT2D eigenvalue weighted by atomic mass is 9.74. The molecule has 0 aromatic rings. The van der Waals surface area contributed by atoms with Gasteiger partial charge < -0.3 is 20.7 Å². The van der Waals surface area contributed by atoms with Crippen LogP contribution in [-0.4, -0.2) is 50.2 Å². The molecule has 0 radical (unpaired) electrons. The van der Waals surface area contributed by atoms with Crippen LogP contribution in [0.2, 0.25) is 0 Å². The number of hydrogen-bond donors (Lipinski definition) is 3. The van der Waals surface area contributed by atoms with Gasteiger partial charge in [-0.05, 0) is 57.5 Å². The monoisotopic (exact) mass is 377 g/mol. The summed E-state index contributed by atoms with van der Waals surface area (Å²) in [6, 6.07) is -0.342. The Morgan fingerprint density at radius 1 is 1.19 bits per heavy atom. The highest BCUT2D eigenvalue weighted by atomic mass is 16.5. The van der Waals surface area contributed by atoms with Gasteiger partial charge >= 0.3 is 0 Å². The first-order valence-corrected chi connectivity index (χ1v) is 10.5. The Bertz CT molecular complexity index is 555. The predicted octanol–water partition coefficient (Wildman–Crippen LogP) is 1.76. The minimum atomic E-state index is -0.462. The number of hydrogen-bond acceptors (Lipinski definition) is 4. The van der Waals surface area contributed by atoms with Crippen molar-refractivity contribution in [3.05, 3.63) is 12.2 Å². The van der Waals surface area contributed by atoms with E-state index in [-0.39, 0.29) is 17.9 Å². The van der Waals surface area contributed by atoms with Gasteiger partial charge in [-0.15, -0.1) is 0 Å². The fourth-order valence-corrected chi connectivity index (χ4v) is 4.53. The van der Waals surface area contributed by atoms with Gasteiger partial charge in [0.15, 0.2) is 0 Å². The molecule has 2 amide bonds. The van der Waals surface area contributed by atoms with Gasteiger partial charge in [-0.1, -0.05) is 26.0 Å². The van der Waals surface area contributed by atoms with Crippen LogP contribution in [0.3, 0.4) is 0 Å². The Morgan fingerprint density at radius 2 is 1.96 bits per heavy atom. The van der Waals surface area contributed by atoms with E-state index in [4.69, 9.17) is 4.74 Å². The maximum Gasteiger partial charge on any atom is 0.242 e. The van der Waals surface area contributed by atoms with E-state index in [0.29, 0.717) is 31.5 Å². The molecule has 3 atom stereocenters. The molecule has 0 aliphatic carbocycles. The van der Waals surface area contributed by atoms with Crippen LogP contribution < -0.4 is 16.0 Å². The fraction of sp³-hybridized carbons (Fsp3) is 0.810. The summed E-state index contributed by atoms with van der Waals surface area (Å²) in [5, 5.41) is 9.71. The number of carbonyl (C=O) groups excluding carboxylic acids is 2. The second-order valence-electron chi connectivity index (χ2n) is 8.84. The molecular weight excluding hydrogens is 342 g/mol. The van der Waals surface area contributed by atoms with Gasteiger partial charge in [-0.25, -0.2) is 0 Å². The summed E-state index contributed by atoms with van der Waals surface area (Å²) < 4.78 is 5.65. The van der Waals surface area contributed by atoms with E-state index in [0.717, 1.165) is 45.2 Å². The lowest BCUT2D eigenvalue weighted by Crippen LogP contribution is -2.57. The van der Waals surface area contributed by atoms with Gasteiger partial charge in [0.1, 0.15) is 6.04 Å². The maximum absolute atomic E-state index is 13.3. The summed E-state index contributed by atoms with van der Waals surface area (Å²) in [5.74, 6) is 0.641. The minimum Gasteiger partial charge on any atom is -0.381 e. The van der Waals surface area contributed by atoms with Gasteiger partial charge in [0.05, 0.1) is 12.0 Å². The molecule has 3 rings (SSSR count). The van der Waals surface area contributed by atoms with E-state index >= 15 is 0 Å². The highest BCUT2D eigenvalue weighted by Gasteiger charge is 2.41. The number of nitrogens with one attached hydrogen (secondary N) is 3. The van der Waals surface area contributed by atoms with Crippen LogP contribution in [0.5, 0.6) is 0 Å². The molecule has 6 nitrogen and oxygen atoms in total. The Balaban J connectivity index is 1.85. The van der Waals surface area contributed by atoms with Crippen LogP contribution in [0.25, 0.3) is 0 Å². The van der Waals surface area contributed by atoms with Crippen molar-refractivity contribution in [1.82, 2.24) is 16.0 Å². The van der Waals surface area contributed by atoms with Crippen molar-refractivity contribution in [2.24, 2.45) is 17.3 Å². The van der Waals surface area contributed by atoms with Gasteiger partial charge in [0.2, 0.25) is 11.8 Å². The highest BCUT2D eigenvalue weighted by Crippen LogP contribution is 2.34. The third-order valence-corrected chi connectivity index (χ3v) is 6.29.